The number of rotatable bonds is 5. The highest BCUT2D eigenvalue weighted by Gasteiger charge is 2.12. The summed E-state index contributed by atoms with van der Waals surface area (Å²) in [5, 5.41) is 4.48. The fourth-order valence-electron chi connectivity index (χ4n) is 1.77. The Morgan fingerprint density at radius 2 is 1.74 bits per heavy atom. The van der Waals surface area contributed by atoms with E-state index in [1.165, 1.54) is 20.4 Å². The van der Waals surface area contributed by atoms with E-state index in [-0.39, 0.29) is 0 Å². The van der Waals surface area contributed by atoms with Crippen molar-refractivity contribution in [3.63, 3.8) is 0 Å². The van der Waals surface area contributed by atoms with E-state index in [0.717, 1.165) is 0 Å². The molecule has 2 aromatic rings. The van der Waals surface area contributed by atoms with Crippen molar-refractivity contribution >= 4 is 35.4 Å². The standard InChI is InChI=1S/C16H13Cl2NO4/c1-21-13-8-5-11(14(18)15(13)22-2)9-19-23-16(20)10-3-6-12(17)7-4-10/h3-9H,1-2H3/b19-9+. The molecule has 0 unspecified atom stereocenters. The Kier molecular flexibility index (Phi) is 5.84. The Bertz CT molecular complexity index is 730. The van der Waals surface area contributed by atoms with Gasteiger partial charge in [-0.3, -0.25) is 0 Å². The van der Waals surface area contributed by atoms with Crippen molar-refractivity contribution in [2.24, 2.45) is 5.16 Å². The maximum atomic E-state index is 11.8. The molecular formula is C16H13Cl2NO4. The summed E-state index contributed by atoms with van der Waals surface area (Å²) in [6.07, 6.45) is 1.32. The predicted molar refractivity (Wildman–Crippen MR) is 89.0 cm³/mol. The van der Waals surface area contributed by atoms with E-state index < -0.39 is 5.97 Å². The Labute approximate surface area is 143 Å². The van der Waals surface area contributed by atoms with Crippen molar-refractivity contribution in [2.75, 3.05) is 14.2 Å². The van der Waals surface area contributed by atoms with Gasteiger partial charge in [0, 0.05) is 10.6 Å². The first kappa shape index (κ1) is 17.1. The van der Waals surface area contributed by atoms with Crippen LogP contribution in [0.4, 0.5) is 0 Å². The average Bonchev–Trinajstić information content (AvgIpc) is 2.56. The lowest BCUT2D eigenvalue weighted by Crippen LogP contribution is -2.01. The van der Waals surface area contributed by atoms with Gasteiger partial charge >= 0.3 is 5.97 Å². The number of benzene rings is 2. The minimum absolute atomic E-state index is 0.304. The molecule has 120 valence electrons. The van der Waals surface area contributed by atoms with E-state index in [9.17, 15) is 4.79 Å². The molecule has 0 heterocycles. The van der Waals surface area contributed by atoms with E-state index in [1.807, 2.05) is 0 Å². The zero-order chi connectivity index (χ0) is 16.8. The fraction of sp³-hybridized carbons (Fsp3) is 0.125. The van der Waals surface area contributed by atoms with Gasteiger partial charge in [-0.15, -0.1) is 0 Å². The van der Waals surface area contributed by atoms with Gasteiger partial charge in [-0.05, 0) is 36.4 Å². The van der Waals surface area contributed by atoms with E-state index in [4.69, 9.17) is 37.5 Å². The first-order chi connectivity index (χ1) is 11.1. The normalized spacial score (nSPS) is 10.6. The third kappa shape index (κ3) is 4.15. The van der Waals surface area contributed by atoms with E-state index >= 15 is 0 Å². The maximum Gasteiger partial charge on any atom is 0.365 e. The molecule has 23 heavy (non-hydrogen) atoms. The van der Waals surface area contributed by atoms with E-state index in [1.54, 1.807) is 36.4 Å². The quantitative estimate of drug-likeness (QED) is 0.459. The van der Waals surface area contributed by atoms with Gasteiger partial charge in [-0.2, -0.15) is 0 Å². The number of ether oxygens (including phenoxy) is 2. The highest BCUT2D eigenvalue weighted by atomic mass is 35.5. The molecule has 0 aliphatic heterocycles. The van der Waals surface area contributed by atoms with Crippen LogP contribution in [0.15, 0.2) is 41.6 Å². The third-order valence-corrected chi connectivity index (χ3v) is 3.56. The lowest BCUT2D eigenvalue weighted by molar-refractivity contribution is 0.0519. The van der Waals surface area contributed by atoms with Crippen LogP contribution in [0.25, 0.3) is 0 Å². The molecule has 0 saturated heterocycles. The predicted octanol–water partition coefficient (Wildman–Crippen LogP) is 4.20. The SMILES string of the molecule is COc1ccc(/C=N/OC(=O)c2ccc(Cl)cc2)c(Cl)c1OC. The lowest BCUT2D eigenvalue weighted by atomic mass is 10.2. The van der Waals surface area contributed by atoms with Crippen LogP contribution in [-0.4, -0.2) is 26.4 Å². The average molecular weight is 354 g/mol. The summed E-state index contributed by atoms with van der Waals surface area (Å²) in [5.41, 5.74) is 0.859. The van der Waals surface area contributed by atoms with Gasteiger partial charge < -0.3 is 14.3 Å². The zero-order valence-electron chi connectivity index (χ0n) is 12.4. The molecule has 0 saturated carbocycles. The first-order valence-electron chi connectivity index (χ1n) is 6.47. The Morgan fingerprint density at radius 3 is 2.35 bits per heavy atom. The fourth-order valence-corrected chi connectivity index (χ4v) is 2.18. The molecule has 0 aliphatic rings. The van der Waals surface area contributed by atoms with Crippen molar-refractivity contribution < 1.29 is 19.1 Å². The number of oxime groups is 1. The van der Waals surface area contributed by atoms with Gasteiger partial charge in [-0.1, -0.05) is 28.4 Å². The number of carbonyl (C=O) groups excluding carboxylic acids is 1. The minimum atomic E-state index is -0.602. The van der Waals surface area contributed by atoms with Crippen LogP contribution in [0.2, 0.25) is 10.0 Å². The van der Waals surface area contributed by atoms with Crippen LogP contribution in [0, 0.1) is 0 Å². The second-order valence-electron chi connectivity index (χ2n) is 4.32. The second kappa shape index (κ2) is 7.85. The summed E-state index contributed by atoms with van der Waals surface area (Å²) in [6.45, 7) is 0. The molecule has 0 bridgehead atoms. The summed E-state index contributed by atoms with van der Waals surface area (Å²) >= 11 is 11.9. The smallest absolute Gasteiger partial charge is 0.365 e. The van der Waals surface area contributed by atoms with Crippen molar-refractivity contribution in [3.8, 4) is 11.5 Å². The van der Waals surface area contributed by atoms with Crippen LogP contribution >= 0.6 is 23.2 Å². The van der Waals surface area contributed by atoms with Crippen molar-refractivity contribution in [2.45, 2.75) is 0 Å². The molecule has 0 aromatic heterocycles. The zero-order valence-corrected chi connectivity index (χ0v) is 13.9. The summed E-state index contributed by atoms with van der Waals surface area (Å²) < 4.78 is 10.3. The summed E-state index contributed by atoms with van der Waals surface area (Å²) in [4.78, 5) is 16.6. The third-order valence-electron chi connectivity index (χ3n) is 2.92. The largest absolute Gasteiger partial charge is 0.493 e. The molecule has 2 aromatic carbocycles. The molecule has 0 atom stereocenters. The minimum Gasteiger partial charge on any atom is -0.493 e. The van der Waals surface area contributed by atoms with Gasteiger partial charge in [0.05, 0.1) is 31.0 Å². The van der Waals surface area contributed by atoms with Crippen LogP contribution < -0.4 is 9.47 Å². The number of hydrogen-bond acceptors (Lipinski definition) is 5. The lowest BCUT2D eigenvalue weighted by Gasteiger charge is -2.10. The maximum absolute atomic E-state index is 11.8. The van der Waals surface area contributed by atoms with Crippen LogP contribution in [0.5, 0.6) is 11.5 Å². The van der Waals surface area contributed by atoms with Crippen molar-refractivity contribution in [1.82, 2.24) is 0 Å². The number of halogens is 2. The van der Waals surface area contributed by atoms with Crippen LogP contribution in [-0.2, 0) is 4.84 Å². The van der Waals surface area contributed by atoms with Gasteiger partial charge in [-0.25, -0.2) is 4.79 Å². The van der Waals surface area contributed by atoms with E-state index in [0.29, 0.717) is 32.7 Å². The summed E-state index contributed by atoms with van der Waals surface area (Å²) in [7, 11) is 2.99. The molecule has 7 heteroatoms. The van der Waals surface area contributed by atoms with Crippen molar-refractivity contribution in [1.29, 1.82) is 0 Å². The molecule has 5 nitrogen and oxygen atoms in total. The van der Waals surface area contributed by atoms with E-state index in [2.05, 4.69) is 5.16 Å². The molecule has 0 N–H and O–H groups in total. The van der Waals surface area contributed by atoms with Gasteiger partial charge in [0.1, 0.15) is 0 Å². The Morgan fingerprint density at radius 1 is 1.04 bits per heavy atom. The second-order valence-corrected chi connectivity index (χ2v) is 5.14. The Balaban J connectivity index is 2.11. The van der Waals surface area contributed by atoms with Crippen molar-refractivity contribution in [3.05, 3.63) is 57.6 Å². The monoisotopic (exact) mass is 353 g/mol. The molecule has 0 amide bonds. The number of methoxy groups -OCH3 is 2. The highest BCUT2D eigenvalue weighted by molar-refractivity contribution is 6.34. The molecule has 0 spiro atoms. The molecule has 0 fully saturated rings. The molecule has 0 radical (unpaired) electrons. The summed E-state index contributed by atoms with van der Waals surface area (Å²) in [6, 6.07) is 9.61. The number of hydrogen-bond donors (Lipinski definition) is 0. The molecule has 2 rings (SSSR count). The van der Waals surface area contributed by atoms with Gasteiger partial charge in [0.2, 0.25) is 0 Å². The first-order valence-corrected chi connectivity index (χ1v) is 7.23. The molecule has 0 aliphatic carbocycles. The molecular weight excluding hydrogens is 341 g/mol. The number of nitrogens with zero attached hydrogens (tertiary/aromatic N) is 1. The summed E-state index contributed by atoms with van der Waals surface area (Å²) in [5.74, 6) is 0.268. The van der Waals surface area contributed by atoms with Crippen LogP contribution in [0.3, 0.4) is 0 Å². The topological polar surface area (TPSA) is 57.1 Å². The van der Waals surface area contributed by atoms with Gasteiger partial charge in [0.25, 0.3) is 0 Å². The number of carbonyl (C=O) groups is 1. The van der Waals surface area contributed by atoms with Crippen LogP contribution in [0.1, 0.15) is 15.9 Å². The van der Waals surface area contributed by atoms with Gasteiger partial charge in [0.15, 0.2) is 11.5 Å². The highest BCUT2D eigenvalue weighted by Crippen LogP contribution is 2.36. The Hall–Kier alpha value is -2.24.